The summed E-state index contributed by atoms with van der Waals surface area (Å²) in [5.41, 5.74) is 1.64. The molecule has 3 rings (SSSR count). The summed E-state index contributed by atoms with van der Waals surface area (Å²) in [6.07, 6.45) is 2.79. The normalized spacial score (nSPS) is 11.0. The van der Waals surface area contributed by atoms with Gasteiger partial charge in [-0.3, -0.25) is 4.72 Å². The summed E-state index contributed by atoms with van der Waals surface area (Å²) < 4.78 is 32.0. The Balaban J connectivity index is 1.52. The fourth-order valence-electron chi connectivity index (χ4n) is 2.30. The maximum atomic E-state index is 12.2. The Morgan fingerprint density at radius 1 is 1.00 bits per heavy atom. The molecule has 3 N–H and O–H groups in total. The maximum Gasteiger partial charge on any atom is 0.319 e. The number of rotatable bonds is 7. The van der Waals surface area contributed by atoms with Crippen LogP contribution in [0.4, 0.5) is 16.2 Å². The number of hydrogen-bond acceptors (Lipinski definition) is 5. The second-order valence-corrected chi connectivity index (χ2v) is 7.42. The van der Waals surface area contributed by atoms with Gasteiger partial charge in [-0.05, 0) is 29.8 Å². The van der Waals surface area contributed by atoms with Crippen LogP contribution in [0.5, 0.6) is 0 Å². The van der Waals surface area contributed by atoms with E-state index in [9.17, 15) is 13.2 Å². The van der Waals surface area contributed by atoms with Gasteiger partial charge in [0.2, 0.25) is 10.0 Å². The van der Waals surface area contributed by atoms with E-state index >= 15 is 0 Å². The quantitative estimate of drug-likeness (QED) is 0.578. The number of oxazole rings is 1. The van der Waals surface area contributed by atoms with Gasteiger partial charge in [-0.15, -0.1) is 0 Å². The van der Waals surface area contributed by atoms with Crippen molar-refractivity contribution in [2.75, 3.05) is 10.0 Å². The lowest BCUT2D eigenvalue weighted by molar-refractivity contribution is 0.251. The number of urea groups is 1. The third kappa shape index (κ3) is 5.86. The minimum atomic E-state index is -3.52. The first kappa shape index (κ1) is 18.5. The molecular formula is C18H18N4O4S. The van der Waals surface area contributed by atoms with Crippen molar-refractivity contribution < 1.29 is 17.6 Å². The third-order valence-electron chi connectivity index (χ3n) is 3.52. The number of carbonyl (C=O) groups excluding carboxylic acids is 1. The molecule has 9 heteroatoms. The van der Waals surface area contributed by atoms with Crippen LogP contribution >= 0.6 is 0 Å². The van der Waals surface area contributed by atoms with Gasteiger partial charge in [-0.1, -0.05) is 30.3 Å². The number of aromatic nitrogens is 1. The first-order chi connectivity index (χ1) is 13.0. The zero-order valence-electron chi connectivity index (χ0n) is 14.3. The molecule has 0 saturated heterocycles. The summed E-state index contributed by atoms with van der Waals surface area (Å²) in [5.74, 6) is 0.422. The highest BCUT2D eigenvalue weighted by atomic mass is 32.2. The number of nitrogens with one attached hydrogen (secondary N) is 3. The van der Waals surface area contributed by atoms with Crippen molar-refractivity contribution in [2.24, 2.45) is 0 Å². The number of carbonyl (C=O) groups is 1. The highest BCUT2D eigenvalue weighted by molar-refractivity contribution is 7.91. The first-order valence-electron chi connectivity index (χ1n) is 8.07. The number of sulfonamides is 1. The topological polar surface area (TPSA) is 113 Å². The van der Waals surface area contributed by atoms with Crippen LogP contribution in [0.1, 0.15) is 11.3 Å². The molecule has 0 saturated carbocycles. The summed E-state index contributed by atoms with van der Waals surface area (Å²) in [4.78, 5) is 15.6. The van der Waals surface area contributed by atoms with E-state index in [0.717, 1.165) is 0 Å². The SMILES string of the molecule is O=C(NCc1cnco1)Nc1ccc(NS(=O)(=O)Cc2ccccc2)cc1. The lowest BCUT2D eigenvalue weighted by Gasteiger charge is -2.10. The predicted molar refractivity (Wildman–Crippen MR) is 101 cm³/mol. The predicted octanol–water partition coefficient (Wildman–Crippen LogP) is 2.94. The van der Waals surface area contributed by atoms with E-state index in [0.29, 0.717) is 22.7 Å². The van der Waals surface area contributed by atoms with E-state index < -0.39 is 16.1 Å². The zero-order valence-corrected chi connectivity index (χ0v) is 15.1. The number of amides is 2. The maximum absolute atomic E-state index is 12.2. The van der Waals surface area contributed by atoms with Gasteiger partial charge in [-0.2, -0.15) is 0 Å². The molecule has 0 aliphatic carbocycles. The molecule has 1 heterocycles. The van der Waals surface area contributed by atoms with Crippen LogP contribution in [0.25, 0.3) is 0 Å². The van der Waals surface area contributed by atoms with Crippen molar-refractivity contribution in [2.45, 2.75) is 12.3 Å². The van der Waals surface area contributed by atoms with Crippen molar-refractivity contribution in [3.8, 4) is 0 Å². The van der Waals surface area contributed by atoms with Gasteiger partial charge >= 0.3 is 6.03 Å². The summed E-state index contributed by atoms with van der Waals surface area (Å²) in [6.45, 7) is 0.212. The zero-order chi connectivity index (χ0) is 19.1. The van der Waals surface area contributed by atoms with Gasteiger partial charge in [-0.25, -0.2) is 18.2 Å². The smallest absolute Gasteiger partial charge is 0.319 e. The van der Waals surface area contributed by atoms with Crippen LogP contribution in [-0.4, -0.2) is 19.4 Å². The second-order valence-electron chi connectivity index (χ2n) is 5.70. The van der Waals surface area contributed by atoms with Crippen molar-refractivity contribution in [1.82, 2.24) is 10.3 Å². The van der Waals surface area contributed by atoms with Crippen LogP contribution in [0.15, 0.2) is 71.6 Å². The Hall–Kier alpha value is -3.33. The van der Waals surface area contributed by atoms with Crippen LogP contribution in [0.2, 0.25) is 0 Å². The summed E-state index contributed by atoms with van der Waals surface area (Å²) in [6, 6.07) is 14.9. The van der Waals surface area contributed by atoms with E-state index in [1.54, 1.807) is 48.5 Å². The molecule has 0 aliphatic rings. The molecule has 0 bridgehead atoms. The fourth-order valence-corrected chi connectivity index (χ4v) is 3.50. The number of nitrogens with zero attached hydrogens (tertiary/aromatic N) is 1. The van der Waals surface area contributed by atoms with Gasteiger partial charge in [0.15, 0.2) is 6.39 Å². The number of anilines is 2. The van der Waals surface area contributed by atoms with E-state index in [1.807, 2.05) is 6.07 Å². The summed E-state index contributed by atoms with van der Waals surface area (Å²) in [7, 11) is -3.52. The largest absolute Gasteiger partial charge is 0.447 e. The van der Waals surface area contributed by atoms with Gasteiger partial charge in [0.05, 0.1) is 18.5 Å². The molecule has 140 valence electrons. The average molecular weight is 386 g/mol. The highest BCUT2D eigenvalue weighted by Crippen LogP contribution is 2.16. The monoisotopic (exact) mass is 386 g/mol. The molecule has 1 aromatic heterocycles. The first-order valence-corrected chi connectivity index (χ1v) is 9.72. The fraction of sp³-hybridized carbons (Fsp3) is 0.111. The van der Waals surface area contributed by atoms with Gasteiger partial charge < -0.3 is 15.1 Å². The number of benzene rings is 2. The molecule has 0 fully saturated rings. The van der Waals surface area contributed by atoms with E-state index in [-0.39, 0.29) is 12.3 Å². The van der Waals surface area contributed by atoms with Gasteiger partial charge in [0.1, 0.15) is 5.76 Å². The molecule has 0 atom stereocenters. The number of hydrogen-bond donors (Lipinski definition) is 3. The van der Waals surface area contributed by atoms with Crippen LogP contribution in [0.3, 0.4) is 0 Å². The molecular weight excluding hydrogens is 368 g/mol. The summed E-state index contributed by atoms with van der Waals surface area (Å²) in [5, 5.41) is 5.26. The molecule has 8 nitrogen and oxygen atoms in total. The minimum absolute atomic E-state index is 0.113. The Bertz CT molecular complexity index is 972. The Morgan fingerprint density at radius 3 is 2.37 bits per heavy atom. The molecule has 27 heavy (non-hydrogen) atoms. The standard InChI is InChI=1S/C18H18N4O4S/c23-18(20-11-17-10-19-13-26-17)21-15-6-8-16(9-7-15)22-27(24,25)12-14-4-2-1-3-5-14/h1-10,13,22H,11-12H2,(H2,20,21,23). The minimum Gasteiger partial charge on any atom is -0.447 e. The molecule has 3 aromatic rings. The Morgan fingerprint density at radius 2 is 1.70 bits per heavy atom. The van der Waals surface area contributed by atoms with Crippen LogP contribution < -0.4 is 15.4 Å². The molecule has 2 aromatic carbocycles. The van der Waals surface area contributed by atoms with Crippen molar-refractivity contribution in [3.63, 3.8) is 0 Å². The highest BCUT2D eigenvalue weighted by Gasteiger charge is 2.11. The molecule has 0 radical (unpaired) electrons. The van der Waals surface area contributed by atoms with E-state index in [4.69, 9.17) is 4.42 Å². The van der Waals surface area contributed by atoms with Crippen molar-refractivity contribution >= 4 is 27.4 Å². The van der Waals surface area contributed by atoms with Crippen LogP contribution in [-0.2, 0) is 22.3 Å². The van der Waals surface area contributed by atoms with Crippen molar-refractivity contribution in [1.29, 1.82) is 0 Å². The second kappa shape index (κ2) is 8.37. The van der Waals surface area contributed by atoms with Crippen LogP contribution in [0, 0.1) is 0 Å². The molecule has 0 unspecified atom stereocenters. The Kier molecular flexibility index (Phi) is 5.72. The third-order valence-corrected chi connectivity index (χ3v) is 4.78. The van der Waals surface area contributed by atoms with E-state index in [2.05, 4.69) is 20.3 Å². The lowest BCUT2D eigenvalue weighted by Crippen LogP contribution is -2.28. The average Bonchev–Trinajstić information content (AvgIpc) is 3.15. The molecule has 0 aliphatic heterocycles. The van der Waals surface area contributed by atoms with Crippen molar-refractivity contribution in [3.05, 3.63) is 78.5 Å². The Labute approximate surface area is 156 Å². The van der Waals surface area contributed by atoms with E-state index in [1.165, 1.54) is 12.6 Å². The molecule has 2 amide bonds. The lowest BCUT2D eigenvalue weighted by atomic mass is 10.2. The van der Waals surface area contributed by atoms with Gasteiger partial charge in [0, 0.05) is 11.4 Å². The van der Waals surface area contributed by atoms with Gasteiger partial charge in [0.25, 0.3) is 0 Å². The molecule has 0 spiro atoms. The summed E-state index contributed by atoms with van der Waals surface area (Å²) >= 11 is 0.